The first-order valence-corrected chi connectivity index (χ1v) is 8.73. The molecule has 0 heteroatoms. The molecule has 0 aliphatic carbocycles. The van der Waals surface area contributed by atoms with Crippen molar-refractivity contribution in [1.82, 2.24) is 0 Å². The topological polar surface area (TPSA) is 0 Å². The molecule has 0 aliphatic heterocycles. The van der Waals surface area contributed by atoms with Crippen LogP contribution in [0.15, 0.2) is 72.3 Å². The Morgan fingerprint density at radius 3 is 2.09 bits per heavy atom. The highest BCUT2D eigenvalue weighted by Gasteiger charge is 2.06. The molecule has 0 nitrogen and oxygen atoms in total. The Balaban J connectivity index is 2.38. The first kappa shape index (κ1) is 17.3. The van der Waals surface area contributed by atoms with Gasteiger partial charge in [0.15, 0.2) is 0 Å². The Kier molecular flexibility index (Phi) is 6.87. The molecule has 2 rings (SSSR count). The SMILES string of the molecule is CCCCC(=CC(=Cc1ccccc1)C(C)C)c1ccccc1. The number of hydrogen-bond donors (Lipinski definition) is 0. The van der Waals surface area contributed by atoms with Crippen LogP contribution in [0.25, 0.3) is 11.6 Å². The molecule has 0 radical (unpaired) electrons. The highest BCUT2D eigenvalue weighted by Crippen LogP contribution is 2.26. The summed E-state index contributed by atoms with van der Waals surface area (Å²) in [6, 6.07) is 21.4. The van der Waals surface area contributed by atoms with Crippen LogP contribution in [0.5, 0.6) is 0 Å². The molecule has 2 aromatic rings. The molecule has 23 heavy (non-hydrogen) atoms. The fourth-order valence-corrected chi connectivity index (χ4v) is 2.64. The van der Waals surface area contributed by atoms with E-state index >= 15 is 0 Å². The third-order valence-corrected chi connectivity index (χ3v) is 4.08. The summed E-state index contributed by atoms with van der Waals surface area (Å²) in [5.41, 5.74) is 5.46. The predicted octanol–water partition coefficient (Wildman–Crippen LogP) is 7.00. The van der Waals surface area contributed by atoms with Gasteiger partial charge in [0.05, 0.1) is 0 Å². The lowest BCUT2D eigenvalue weighted by molar-refractivity contribution is 0.792. The zero-order chi connectivity index (χ0) is 16.5. The molecular formula is C23H28. The van der Waals surface area contributed by atoms with E-state index in [9.17, 15) is 0 Å². The lowest BCUT2D eigenvalue weighted by atomic mass is 9.93. The minimum atomic E-state index is 0.510. The molecule has 0 fully saturated rings. The molecule has 0 unspecified atom stereocenters. The van der Waals surface area contributed by atoms with E-state index in [0.717, 1.165) is 6.42 Å². The van der Waals surface area contributed by atoms with Crippen molar-refractivity contribution in [2.24, 2.45) is 5.92 Å². The van der Waals surface area contributed by atoms with Gasteiger partial charge in [-0.25, -0.2) is 0 Å². The first-order chi connectivity index (χ1) is 11.2. The third kappa shape index (κ3) is 5.56. The summed E-state index contributed by atoms with van der Waals surface area (Å²) >= 11 is 0. The summed E-state index contributed by atoms with van der Waals surface area (Å²) in [6.45, 7) is 6.80. The monoisotopic (exact) mass is 304 g/mol. The van der Waals surface area contributed by atoms with Crippen LogP contribution in [0.2, 0.25) is 0 Å². The quantitative estimate of drug-likeness (QED) is 0.483. The molecule has 0 saturated carbocycles. The summed E-state index contributed by atoms with van der Waals surface area (Å²) in [6.07, 6.45) is 8.32. The molecule has 0 saturated heterocycles. The molecule has 0 amide bonds. The van der Waals surface area contributed by atoms with Crippen molar-refractivity contribution >= 4 is 11.6 Å². The molecule has 0 bridgehead atoms. The second-order valence-corrected chi connectivity index (χ2v) is 6.35. The van der Waals surface area contributed by atoms with Gasteiger partial charge in [-0.1, -0.05) is 100 Å². The first-order valence-electron chi connectivity index (χ1n) is 8.73. The highest BCUT2D eigenvalue weighted by molar-refractivity contribution is 5.71. The van der Waals surface area contributed by atoms with Crippen molar-refractivity contribution in [3.8, 4) is 0 Å². The van der Waals surface area contributed by atoms with Gasteiger partial charge in [0.1, 0.15) is 0 Å². The van der Waals surface area contributed by atoms with Crippen LogP contribution in [0.3, 0.4) is 0 Å². The highest BCUT2D eigenvalue weighted by atomic mass is 14.1. The zero-order valence-corrected chi connectivity index (χ0v) is 14.6. The van der Waals surface area contributed by atoms with E-state index in [1.807, 2.05) is 0 Å². The van der Waals surface area contributed by atoms with Crippen molar-refractivity contribution < 1.29 is 0 Å². The molecule has 0 N–H and O–H groups in total. The maximum Gasteiger partial charge on any atom is -0.0219 e. The summed E-state index contributed by atoms with van der Waals surface area (Å²) in [7, 11) is 0. The summed E-state index contributed by atoms with van der Waals surface area (Å²) in [5, 5.41) is 0. The average Bonchev–Trinajstić information content (AvgIpc) is 2.59. The van der Waals surface area contributed by atoms with E-state index in [1.54, 1.807) is 0 Å². The Morgan fingerprint density at radius 2 is 1.52 bits per heavy atom. The van der Waals surface area contributed by atoms with Gasteiger partial charge in [0.2, 0.25) is 0 Å². The minimum absolute atomic E-state index is 0.510. The third-order valence-electron chi connectivity index (χ3n) is 4.08. The number of allylic oxidation sites excluding steroid dienone is 3. The van der Waals surface area contributed by atoms with E-state index in [1.165, 1.54) is 35.1 Å². The average molecular weight is 304 g/mol. The maximum absolute atomic E-state index is 2.41. The lowest BCUT2D eigenvalue weighted by Gasteiger charge is -2.13. The van der Waals surface area contributed by atoms with Crippen LogP contribution < -0.4 is 0 Å². The van der Waals surface area contributed by atoms with E-state index in [0.29, 0.717) is 5.92 Å². The van der Waals surface area contributed by atoms with Crippen LogP contribution in [0.1, 0.15) is 51.2 Å². The van der Waals surface area contributed by atoms with E-state index in [4.69, 9.17) is 0 Å². The summed E-state index contributed by atoms with van der Waals surface area (Å²) < 4.78 is 0. The van der Waals surface area contributed by atoms with Crippen LogP contribution >= 0.6 is 0 Å². The van der Waals surface area contributed by atoms with Gasteiger partial charge in [0, 0.05) is 0 Å². The predicted molar refractivity (Wildman–Crippen MR) is 103 cm³/mol. The number of unbranched alkanes of at least 4 members (excludes halogenated alkanes) is 1. The molecule has 2 aromatic carbocycles. The Hall–Kier alpha value is -2.08. The normalized spacial score (nSPS) is 12.7. The molecule has 0 heterocycles. The van der Waals surface area contributed by atoms with Crippen molar-refractivity contribution in [1.29, 1.82) is 0 Å². The van der Waals surface area contributed by atoms with Crippen molar-refractivity contribution in [2.75, 3.05) is 0 Å². The van der Waals surface area contributed by atoms with E-state index in [-0.39, 0.29) is 0 Å². The summed E-state index contributed by atoms with van der Waals surface area (Å²) in [5.74, 6) is 0.510. The van der Waals surface area contributed by atoms with Crippen molar-refractivity contribution in [3.63, 3.8) is 0 Å². The second-order valence-electron chi connectivity index (χ2n) is 6.35. The van der Waals surface area contributed by atoms with Crippen LogP contribution in [-0.4, -0.2) is 0 Å². The number of rotatable bonds is 7. The lowest BCUT2D eigenvalue weighted by Crippen LogP contribution is -1.94. The maximum atomic E-state index is 2.41. The largest absolute Gasteiger partial charge is 0.0654 e. The van der Waals surface area contributed by atoms with Crippen LogP contribution in [0, 0.1) is 5.92 Å². The molecule has 0 spiro atoms. The van der Waals surface area contributed by atoms with Gasteiger partial charge in [-0.3, -0.25) is 0 Å². The Bertz CT molecular complexity index is 630. The molecular weight excluding hydrogens is 276 g/mol. The van der Waals surface area contributed by atoms with Gasteiger partial charge in [0.25, 0.3) is 0 Å². The standard InChI is InChI=1S/C23H28/c1-4-5-14-22(21-15-10-7-11-16-21)18-23(19(2)3)17-20-12-8-6-9-13-20/h6-13,15-19H,4-5,14H2,1-3H3. The van der Waals surface area contributed by atoms with Gasteiger partial charge in [-0.2, -0.15) is 0 Å². The minimum Gasteiger partial charge on any atom is -0.0654 e. The number of hydrogen-bond acceptors (Lipinski definition) is 0. The fourth-order valence-electron chi connectivity index (χ4n) is 2.64. The molecule has 0 atom stereocenters. The summed E-state index contributed by atoms with van der Waals surface area (Å²) in [4.78, 5) is 0. The van der Waals surface area contributed by atoms with Gasteiger partial charge in [-0.05, 0) is 41.0 Å². The Morgan fingerprint density at radius 1 is 0.913 bits per heavy atom. The van der Waals surface area contributed by atoms with E-state index in [2.05, 4.69) is 93.6 Å². The number of benzene rings is 2. The van der Waals surface area contributed by atoms with Gasteiger partial charge >= 0.3 is 0 Å². The van der Waals surface area contributed by atoms with Crippen molar-refractivity contribution in [2.45, 2.75) is 40.0 Å². The molecule has 0 aliphatic rings. The zero-order valence-electron chi connectivity index (χ0n) is 14.6. The van der Waals surface area contributed by atoms with Crippen molar-refractivity contribution in [3.05, 3.63) is 83.4 Å². The molecule has 0 aromatic heterocycles. The van der Waals surface area contributed by atoms with Crippen LogP contribution in [-0.2, 0) is 0 Å². The van der Waals surface area contributed by atoms with Crippen LogP contribution in [0.4, 0.5) is 0 Å². The Labute approximate surface area is 141 Å². The second kappa shape index (κ2) is 9.15. The van der Waals surface area contributed by atoms with Gasteiger partial charge < -0.3 is 0 Å². The fraction of sp³-hybridized carbons (Fsp3) is 0.304. The van der Waals surface area contributed by atoms with Gasteiger partial charge in [-0.15, -0.1) is 0 Å². The smallest absolute Gasteiger partial charge is 0.0219 e. The van der Waals surface area contributed by atoms with E-state index < -0.39 is 0 Å². The molecule has 120 valence electrons.